The van der Waals surface area contributed by atoms with Crippen LogP contribution >= 0.6 is 0 Å². The second kappa shape index (κ2) is 10.6. The minimum absolute atomic E-state index is 0.447. The van der Waals surface area contributed by atoms with E-state index in [4.69, 9.17) is 14.1 Å². The highest BCUT2D eigenvalue weighted by Gasteiger charge is 2.34. The molecule has 1 aromatic heterocycles. The van der Waals surface area contributed by atoms with Crippen molar-refractivity contribution < 1.29 is 9.15 Å². The Kier molecular flexibility index (Phi) is 7.25. The lowest BCUT2D eigenvalue weighted by Crippen LogP contribution is -2.31. The van der Waals surface area contributed by atoms with Gasteiger partial charge < -0.3 is 19.0 Å². The number of fused-ring (bicyclic) bond motifs is 1. The number of nitriles is 1. The number of rotatable bonds is 8. The van der Waals surface area contributed by atoms with Crippen molar-refractivity contribution in [3.05, 3.63) is 83.2 Å². The average molecular weight is 509 g/mol. The number of benzene rings is 3. The molecule has 6 heteroatoms. The smallest absolute Gasteiger partial charge is 0.203 e. The predicted octanol–water partition coefficient (Wildman–Crippen LogP) is 6.31. The lowest BCUT2D eigenvalue weighted by molar-refractivity contribution is 0.0736. The van der Waals surface area contributed by atoms with E-state index in [0.29, 0.717) is 41.8 Å². The van der Waals surface area contributed by atoms with E-state index in [9.17, 15) is 5.26 Å². The lowest BCUT2D eigenvalue weighted by atomic mass is 9.93. The van der Waals surface area contributed by atoms with Crippen LogP contribution < -0.4 is 4.90 Å². The molecular formula is C32H36N4O2. The molecule has 1 saturated heterocycles. The molecule has 0 saturated carbocycles. The minimum atomic E-state index is -0.476. The average Bonchev–Trinajstić information content (AvgIpc) is 3.58. The number of hydrogen-bond acceptors (Lipinski definition) is 6. The van der Waals surface area contributed by atoms with Crippen LogP contribution in [0, 0.1) is 18.3 Å². The molecule has 1 aliphatic heterocycles. The molecule has 0 bridgehead atoms. The van der Waals surface area contributed by atoms with E-state index < -0.39 is 5.41 Å². The van der Waals surface area contributed by atoms with E-state index in [0.717, 1.165) is 47.5 Å². The van der Waals surface area contributed by atoms with Crippen molar-refractivity contribution in [1.82, 2.24) is 9.88 Å². The number of aromatic nitrogens is 1. The zero-order valence-corrected chi connectivity index (χ0v) is 23.0. The van der Waals surface area contributed by atoms with E-state index in [1.807, 2.05) is 43.3 Å². The number of hydrogen-bond donors (Lipinski definition) is 0. The molecule has 1 fully saturated rings. The van der Waals surface area contributed by atoms with Crippen LogP contribution in [0.4, 0.5) is 5.69 Å². The van der Waals surface area contributed by atoms with E-state index in [-0.39, 0.29) is 0 Å². The molecule has 196 valence electrons. The van der Waals surface area contributed by atoms with Gasteiger partial charge in [0.25, 0.3) is 0 Å². The van der Waals surface area contributed by atoms with Crippen LogP contribution in [-0.4, -0.2) is 49.7 Å². The first-order valence-corrected chi connectivity index (χ1v) is 13.3. The summed E-state index contributed by atoms with van der Waals surface area (Å²) in [6.07, 6.45) is 1.07. The van der Waals surface area contributed by atoms with Crippen LogP contribution in [0.1, 0.15) is 42.8 Å². The number of oxazole rings is 1. The molecule has 0 amide bonds. The lowest BCUT2D eigenvalue weighted by Gasteiger charge is -2.26. The minimum Gasteiger partial charge on any atom is -0.438 e. The molecule has 0 spiro atoms. The highest BCUT2D eigenvalue weighted by atomic mass is 16.5. The summed E-state index contributed by atoms with van der Waals surface area (Å²) in [4.78, 5) is 9.66. The van der Waals surface area contributed by atoms with Gasteiger partial charge in [0.1, 0.15) is 11.6 Å². The molecule has 1 unspecified atom stereocenters. The monoisotopic (exact) mass is 508 g/mol. The quantitative estimate of drug-likeness (QED) is 0.278. The Morgan fingerprint density at radius 2 is 1.79 bits per heavy atom. The van der Waals surface area contributed by atoms with Gasteiger partial charge >= 0.3 is 0 Å². The van der Waals surface area contributed by atoms with E-state index in [1.165, 1.54) is 0 Å². The Balaban J connectivity index is 1.61. The van der Waals surface area contributed by atoms with Crippen molar-refractivity contribution in [2.24, 2.45) is 0 Å². The molecule has 4 aromatic rings. The van der Waals surface area contributed by atoms with Crippen LogP contribution in [0.5, 0.6) is 0 Å². The maximum Gasteiger partial charge on any atom is 0.203 e. The third-order valence-corrected chi connectivity index (χ3v) is 7.60. The fraction of sp³-hybridized carbons (Fsp3) is 0.375. The molecule has 0 radical (unpaired) electrons. The summed E-state index contributed by atoms with van der Waals surface area (Å²) in [7, 11) is 4.27. The first-order valence-electron chi connectivity index (χ1n) is 13.3. The third kappa shape index (κ3) is 4.92. The SMILES string of the molecule is Cc1c(-c2ccccc2)c(N2CCC(N(C)C)C2)c2oc(C(C)(C)COCc3ccccc3)nc2c1C#N. The maximum absolute atomic E-state index is 10.3. The van der Waals surface area contributed by atoms with E-state index >= 15 is 0 Å². The zero-order valence-electron chi connectivity index (χ0n) is 23.0. The molecule has 3 aromatic carbocycles. The highest BCUT2D eigenvalue weighted by Crippen LogP contribution is 2.45. The number of ether oxygens (including phenoxy) is 1. The molecule has 6 nitrogen and oxygen atoms in total. The maximum atomic E-state index is 10.3. The molecular weight excluding hydrogens is 472 g/mol. The summed E-state index contributed by atoms with van der Waals surface area (Å²) in [5, 5.41) is 10.3. The Morgan fingerprint density at radius 1 is 1.11 bits per heavy atom. The fourth-order valence-corrected chi connectivity index (χ4v) is 5.36. The van der Waals surface area contributed by atoms with E-state index in [2.05, 4.69) is 68.1 Å². The first kappa shape index (κ1) is 26.0. The summed E-state index contributed by atoms with van der Waals surface area (Å²) in [6.45, 7) is 8.98. The standard InChI is InChI=1S/C32H36N4O2/c1-22-26(18-33)28-30(38-31(34-28)32(2,3)21-37-20-23-12-8-6-9-13-23)29(27(22)24-14-10-7-11-15-24)36-17-16-25(19-36)35(4)5/h6-15,25H,16-17,19-21H2,1-5H3. The van der Waals surface area contributed by atoms with Gasteiger partial charge in [-0.15, -0.1) is 0 Å². The van der Waals surface area contributed by atoms with Crippen LogP contribution in [0.25, 0.3) is 22.2 Å². The van der Waals surface area contributed by atoms with Gasteiger partial charge in [-0.1, -0.05) is 60.7 Å². The van der Waals surface area contributed by atoms with Gasteiger partial charge in [0.05, 0.1) is 29.9 Å². The number of likely N-dealkylation sites (N-methyl/N-ethyl adjacent to an activating group) is 1. The first-order chi connectivity index (χ1) is 18.3. The topological polar surface area (TPSA) is 65.5 Å². The van der Waals surface area contributed by atoms with Gasteiger partial charge in [-0.3, -0.25) is 0 Å². The second-order valence-electron chi connectivity index (χ2n) is 11.1. The summed E-state index contributed by atoms with van der Waals surface area (Å²) in [5.74, 6) is 0.589. The largest absolute Gasteiger partial charge is 0.438 e. The van der Waals surface area contributed by atoms with Crippen molar-refractivity contribution in [2.75, 3.05) is 38.7 Å². The van der Waals surface area contributed by atoms with Crippen molar-refractivity contribution >= 4 is 16.8 Å². The Bertz CT molecular complexity index is 1450. The summed E-state index contributed by atoms with van der Waals surface area (Å²) >= 11 is 0. The normalized spacial score (nSPS) is 15.9. The third-order valence-electron chi connectivity index (χ3n) is 7.60. The van der Waals surface area contributed by atoms with Crippen LogP contribution in [0.2, 0.25) is 0 Å². The highest BCUT2D eigenvalue weighted by molar-refractivity contribution is 6.02. The molecule has 1 atom stereocenters. The molecule has 1 aliphatic rings. The number of anilines is 1. The summed E-state index contributed by atoms with van der Waals surface area (Å²) in [6, 6.07) is 23.4. The summed E-state index contributed by atoms with van der Waals surface area (Å²) < 4.78 is 12.7. The van der Waals surface area contributed by atoms with Crippen molar-refractivity contribution in [1.29, 1.82) is 5.26 Å². The fourth-order valence-electron chi connectivity index (χ4n) is 5.36. The molecule has 5 rings (SSSR count). The zero-order chi connectivity index (χ0) is 26.9. The molecule has 2 heterocycles. The van der Waals surface area contributed by atoms with E-state index in [1.54, 1.807) is 0 Å². The van der Waals surface area contributed by atoms with Crippen molar-refractivity contribution in [2.45, 2.75) is 45.3 Å². The van der Waals surface area contributed by atoms with Gasteiger partial charge in [0, 0.05) is 24.7 Å². The predicted molar refractivity (Wildman–Crippen MR) is 152 cm³/mol. The molecule has 0 N–H and O–H groups in total. The molecule has 0 aliphatic carbocycles. The van der Waals surface area contributed by atoms with Crippen molar-refractivity contribution in [3.8, 4) is 17.2 Å². The van der Waals surface area contributed by atoms with Crippen LogP contribution in [0.15, 0.2) is 65.1 Å². The van der Waals surface area contributed by atoms with Gasteiger partial charge in [-0.25, -0.2) is 4.98 Å². The van der Waals surface area contributed by atoms with Crippen molar-refractivity contribution in [3.63, 3.8) is 0 Å². The molecule has 38 heavy (non-hydrogen) atoms. The van der Waals surface area contributed by atoms with Gasteiger partial charge in [0.15, 0.2) is 5.58 Å². The van der Waals surface area contributed by atoms with Crippen LogP contribution in [0.3, 0.4) is 0 Å². The number of nitrogens with zero attached hydrogens (tertiary/aromatic N) is 4. The Morgan fingerprint density at radius 3 is 2.42 bits per heavy atom. The summed E-state index contributed by atoms with van der Waals surface area (Å²) in [5.41, 5.74) is 6.65. The van der Waals surface area contributed by atoms with Crippen LogP contribution in [-0.2, 0) is 16.8 Å². The second-order valence-corrected chi connectivity index (χ2v) is 11.1. The Labute approximate surface area is 225 Å². The van der Waals surface area contributed by atoms with Gasteiger partial charge in [-0.05, 0) is 58.0 Å². The van der Waals surface area contributed by atoms with Gasteiger partial charge in [-0.2, -0.15) is 5.26 Å². The Hall–Kier alpha value is -3.66. The van der Waals surface area contributed by atoms with Gasteiger partial charge in [0.2, 0.25) is 5.89 Å².